The van der Waals surface area contributed by atoms with Gasteiger partial charge in [-0.05, 0) is 458 Å². The van der Waals surface area contributed by atoms with Crippen molar-refractivity contribution < 1.29 is 81.4 Å². The van der Waals surface area contributed by atoms with Crippen LogP contribution in [-0.4, -0.2) is 119 Å². The van der Waals surface area contributed by atoms with Crippen molar-refractivity contribution in [3.63, 3.8) is 0 Å². The molecule has 0 aromatic heterocycles. The van der Waals surface area contributed by atoms with E-state index in [1.54, 1.807) is 52.4 Å². The molecule has 2 N–H and O–H groups in total. The average molecular weight is 1890 g/mol. The molecule has 0 aliphatic heterocycles. The van der Waals surface area contributed by atoms with Crippen LogP contribution in [0.4, 0.5) is 4.79 Å². The van der Waals surface area contributed by atoms with Gasteiger partial charge >= 0.3 is 35.9 Å². The zero-order valence-corrected chi connectivity index (χ0v) is 90.6. The lowest BCUT2D eigenvalue weighted by atomic mass is 9.30. The van der Waals surface area contributed by atoms with Crippen molar-refractivity contribution in [3.05, 3.63) is 0 Å². The summed E-state index contributed by atoms with van der Waals surface area (Å²) in [7, 11) is 2.59. The second-order valence-corrected chi connectivity index (χ2v) is 53.8. The van der Waals surface area contributed by atoms with Crippen LogP contribution < -0.4 is 5.32 Å². The second kappa shape index (κ2) is 42.8. The van der Waals surface area contributed by atoms with Crippen molar-refractivity contribution in [1.82, 2.24) is 5.32 Å². The van der Waals surface area contributed by atoms with E-state index < -0.39 is 40.7 Å². The zero-order chi connectivity index (χ0) is 99.2. The average Bonchev–Trinajstić information content (AvgIpc) is 1.21. The standard InChI is InChI=1S/C36H62O2.C33H55NO6.C30H50O5.C10H16.C8H14O4/c1-12-31(5,6)29(37)38-25-13-14-26-33(8,24(25)2)16-15-27-34(26,9)20-22-36(11)28-23-30(3,4)17-18-32(28,7)19-21-35(27,36)10;1-7-31(3,4)29(36)39-19-17-34-30(37)40-24-12-15-32(5)23(20-24)8-9-25-27-11-10-26(22(2)14-18-38-21-35)33(27,6)16-13-28(25)32;1-7-28(3,4)27(33)35-21-12-14-29(5)20(16-21)8-9-22-24-11-10-23(19(2)13-15-34-18-31)30(24,6)26(32)17-25(22)29;1-2-9-7-4-5-8(6-7)10(9)3-1;1-5(7(9)11-3)6(2)8(10)12-4/h24-28H,12-23H2,1-11H3;21-28H,7-20H2,1-6H3,(H,34,37);18-26,32H,7-17H2,1-6H3;7-10H,1-6H2;5-6H,1-4H3/t;22?,23?,24-,25?,26?,27?,28?,32?,33?;19?,20?,21-,22?,23?,24?,25?,26+,29?,30?;;/m.11../s1. The van der Waals surface area contributed by atoms with E-state index in [4.69, 9.17) is 28.4 Å². The summed E-state index contributed by atoms with van der Waals surface area (Å²) in [5.41, 5.74) is 2.26. The lowest BCUT2D eigenvalue weighted by molar-refractivity contribution is -0.264. The number of ether oxygens (including phenoxy) is 8. The van der Waals surface area contributed by atoms with Crippen molar-refractivity contribution in [3.8, 4) is 0 Å². The Kier molecular flexibility index (Phi) is 34.7. The van der Waals surface area contributed by atoms with Crippen LogP contribution in [0.1, 0.15) is 424 Å². The van der Waals surface area contributed by atoms with Crippen LogP contribution in [-0.2, 0) is 71.5 Å². The molecular weight excluding hydrogens is 1690 g/mol. The fourth-order valence-corrected chi connectivity index (χ4v) is 35.6. The van der Waals surface area contributed by atoms with Gasteiger partial charge in [0.2, 0.25) is 0 Å². The second-order valence-electron chi connectivity index (χ2n) is 53.8. The Hall–Kier alpha value is -4.48. The smallest absolute Gasteiger partial charge is 0.407 e. The summed E-state index contributed by atoms with van der Waals surface area (Å²) in [6.07, 6.45) is 47.7. The molecule has 772 valence electrons. The van der Waals surface area contributed by atoms with Gasteiger partial charge in [0.05, 0.1) is 68.2 Å². The van der Waals surface area contributed by atoms with Crippen molar-refractivity contribution in [1.29, 1.82) is 0 Å². The first-order valence-electron chi connectivity index (χ1n) is 55.8. The minimum absolute atomic E-state index is 0.0143. The van der Waals surface area contributed by atoms with Gasteiger partial charge in [0.15, 0.2) is 0 Å². The molecule has 18 nitrogen and oxygen atoms in total. The molecule has 32 unspecified atom stereocenters. The van der Waals surface area contributed by atoms with Crippen LogP contribution in [0.15, 0.2) is 0 Å². The van der Waals surface area contributed by atoms with Gasteiger partial charge in [-0.2, -0.15) is 0 Å². The van der Waals surface area contributed by atoms with E-state index in [1.165, 1.54) is 166 Å². The molecule has 16 fully saturated rings. The number of fused-ring (bicyclic) bond motifs is 22. The summed E-state index contributed by atoms with van der Waals surface area (Å²) in [5, 5.41) is 14.5. The quantitative estimate of drug-likeness (QED) is 0.0373. The van der Waals surface area contributed by atoms with Crippen LogP contribution in [0.3, 0.4) is 0 Å². The number of rotatable bonds is 25. The molecule has 0 radical (unpaired) electrons. The Labute approximate surface area is 820 Å². The Morgan fingerprint density at radius 3 is 1.47 bits per heavy atom. The number of aliphatic hydroxyl groups is 1. The van der Waals surface area contributed by atoms with Gasteiger partial charge in [-0.25, -0.2) is 4.79 Å². The molecular formula is C117H197NO17. The molecule has 0 aromatic carbocycles. The third-order valence-electron chi connectivity index (χ3n) is 46.3. The molecule has 0 heterocycles. The highest BCUT2D eigenvalue weighted by atomic mass is 16.6. The Balaban J connectivity index is 0.000000163. The van der Waals surface area contributed by atoms with Crippen molar-refractivity contribution in [2.75, 3.05) is 40.6 Å². The summed E-state index contributed by atoms with van der Waals surface area (Å²) < 4.78 is 42.5. The van der Waals surface area contributed by atoms with Crippen LogP contribution >= 0.6 is 0 Å². The number of hydrogen-bond donors (Lipinski definition) is 2. The number of carbonyl (C=O) groups is 8. The molecule has 0 spiro atoms. The molecule has 16 aliphatic rings. The predicted octanol–water partition coefficient (Wildman–Crippen LogP) is 26.8. The maximum Gasteiger partial charge on any atom is 0.407 e. The maximum absolute atomic E-state index is 13.1. The van der Waals surface area contributed by atoms with Gasteiger partial charge in [0, 0.05) is 0 Å². The number of esters is 5. The first-order chi connectivity index (χ1) is 63.3. The number of nitrogens with one attached hydrogen (secondary N) is 1. The number of carbonyl (C=O) groups excluding carboxylic acids is 8. The third kappa shape index (κ3) is 21.3. The van der Waals surface area contributed by atoms with Crippen molar-refractivity contribution in [2.45, 2.75) is 448 Å². The number of hydrogen-bond acceptors (Lipinski definition) is 17. The van der Waals surface area contributed by atoms with E-state index in [-0.39, 0.29) is 77.1 Å². The maximum atomic E-state index is 13.1. The predicted molar refractivity (Wildman–Crippen MR) is 533 cm³/mol. The number of methoxy groups -OCH3 is 2. The Morgan fingerprint density at radius 2 is 0.911 bits per heavy atom. The van der Waals surface area contributed by atoms with Gasteiger partial charge in [-0.1, -0.05) is 138 Å². The topological polar surface area (TPSA) is 243 Å². The fraction of sp³-hybridized carbons (Fsp3) is 0.932. The largest absolute Gasteiger partial charge is 0.469 e. The molecule has 2 bridgehead atoms. The summed E-state index contributed by atoms with van der Waals surface area (Å²) in [6.45, 7) is 59.4. The third-order valence-corrected chi connectivity index (χ3v) is 46.3. The molecule has 135 heavy (non-hydrogen) atoms. The highest BCUT2D eigenvalue weighted by molar-refractivity contribution is 5.81. The Bertz CT molecular complexity index is 3980. The molecule has 35 atom stereocenters. The number of alkyl carbamates (subject to hydrolysis) is 1. The van der Waals surface area contributed by atoms with E-state index in [0.717, 1.165) is 118 Å². The van der Waals surface area contributed by atoms with Crippen LogP contribution in [0.2, 0.25) is 0 Å². The highest BCUT2D eigenvalue weighted by Gasteiger charge is 2.72. The Morgan fingerprint density at radius 1 is 0.430 bits per heavy atom. The van der Waals surface area contributed by atoms with E-state index in [9.17, 15) is 43.5 Å². The molecule has 16 saturated carbocycles. The molecule has 0 aromatic rings. The van der Waals surface area contributed by atoms with E-state index in [0.29, 0.717) is 124 Å². The SMILES string of the molecule is C1CC2C3CCC(C3)C2C1.CCC(C)(C)C(=O)OC1CCC2C(C)(CCC3C2(C)CCC2(C)C4CC(C)(C)CCC4(C)CCC32C)C1C.CCC(C)(C)C(=O)OCCNC(=O)O[C@@H]1CCC2(C)C(CCC3C2CCC2(C)C(C(C)CCOC=O)CCC32)C1.CCC(C)(C)C(=O)O[C@@H]1CCC2(C)C(CCC3C2C[C@H](O)C2(C)C(C(C)CCOC=O)CCC32)C1.COC(=O)C(C)C(C)C(=O)OC. The highest BCUT2D eigenvalue weighted by Crippen LogP contribution is 2.80. The number of amides is 1. The normalized spacial score (nSPS) is 42.8. The molecule has 18 heteroatoms. The van der Waals surface area contributed by atoms with Gasteiger partial charge in [-0.15, -0.1) is 0 Å². The van der Waals surface area contributed by atoms with E-state index in [2.05, 4.69) is 126 Å². The zero-order valence-electron chi connectivity index (χ0n) is 90.6. The monoisotopic (exact) mass is 1890 g/mol. The van der Waals surface area contributed by atoms with Crippen LogP contribution in [0.25, 0.3) is 0 Å². The lowest BCUT2D eigenvalue weighted by Gasteiger charge is -2.75. The van der Waals surface area contributed by atoms with Gasteiger partial charge in [-0.3, -0.25) is 33.6 Å². The van der Waals surface area contributed by atoms with Gasteiger partial charge < -0.3 is 48.3 Å². The van der Waals surface area contributed by atoms with Crippen LogP contribution in [0.5, 0.6) is 0 Å². The van der Waals surface area contributed by atoms with E-state index >= 15 is 0 Å². The number of aliphatic hydroxyl groups excluding tert-OH is 1. The summed E-state index contributed by atoms with van der Waals surface area (Å²) in [4.78, 5) is 93.5. The first kappa shape index (κ1) is 109. The molecule has 0 saturated heterocycles. The van der Waals surface area contributed by atoms with Crippen molar-refractivity contribution >= 4 is 48.9 Å². The summed E-state index contributed by atoms with van der Waals surface area (Å²) in [6, 6.07) is 0. The summed E-state index contributed by atoms with van der Waals surface area (Å²) >= 11 is 0. The van der Waals surface area contributed by atoms with E-state index in [1.807, 2.05) is 48.5 Å². The van der Waals surface area contributed by atoms with Crippen molar-refractivity contribution in [2.24, 2.45) is 201 Å². The summed E-state index contributed by atoms with van der Waals surface area (Å²) in [5.74, 6) is 13.4. The molecule has 16 aliphatic carbocycles. The van der Waals surface area contributed by atoms with Gasteiger partial charge in [0.25, 0.3) is 12.9 Å². The lowest BCUT2D eigenvalue weighted by Crippen LogP contribution is -2.68. The fourth-order valence-electron chi connectivity index (χ4n) is 35.6. The van der Waals surface area contributed by atoms with Crippen LogP contribution in [0, 0.1) is 201 Å². The molecule has 16 rings (SSSR count). The first-order valence-corrected chi connectivity index (χ1v) is 55.8. The minimum Gasteiger partial charge on any atom is -0.469 e. The van der Waals surface area contributed by atoms with Gasteiger partial charge in [0.1, 0.15) is 24.9 Å². The molecule has 1 amide bonds. The minimum atomic E-state index is -0.504.